The normalized spacial score (nSPS) is 10.3. The Morgan fingerprint density at radius 2 is 2.33 bits per heavy atom. The van der Waals surface area contributed by atoms with Gasteiger partial charge in [-0.1, -0.05) is 0 Å². The molecule has 0 bridgehead atoms. The predicted molar refractivity (Wildman–Crippen MR) is 64.3 cm³/mol. The summed E-state index contributed by atoms with van der Waals surface area (Å²) in [4.78, 5) is 0. The van der Waals surface area contributed by atoms with Gasteiger partial charge in [-0.2, -0.15) is 16.9 Å². The summed E-state index contributed by atoms with van der Waals surface area (Å²) in [5.74, 6) is 2.87. The number of hydrogen-bond donors (Lipinski definition) is 2. The van der Waals surface area contributed by atoms with Crippen molar-refractivity contribution in [2.24, 2.45) is 0 Å². The van der Waals surface area contributed by atoms with Gasteiger partial charge in [0.15, 0.2) is 0 Å². The van der Waals surface area contributed by atoms with Crippen LogP contribution < -0.4 is 5.32 Å². The molecule has 5 heteroatoms. The second-order valence-corrected chi connectivity index (χ2v) is 4.46. The van der Waals surface area contributed by atoms with E-state index in [4.69, 9.17) is 5.11 Å². The van der Waals surface area contributed by atoms with Crippen LogP contribution in [0.15, 0.2) is 12.3 Å². The van der Waals surface area contributed by atoms with Crippen molar-refractivity contribution in [3.05, 3.63) is 17.8 Å². The zero-order valence-corrected chi connectivity index (χ0v) is 9.76. The molecule has 4 nitrogen and oxygen atoms in total. The molecule has 0 saturated heterocycles. The Bertz CT molecular complexity index is 283. The van der Waals surface area contributed by atoms with Crippen molar-refractivity contribution in [1.29, 1.82) is 0 Å². The molecule has 0 saturated carbocycles. The van der Waals surface area contributed by atoms with Crippen LogP contribution in [0.4, 0.5) is 5.82 Å². The van der Waals surface area contributed by atoms with Gasteiger partial charge in [-0.25, -0.2) is 0 Å². The number of aromatic nitrogens is 2. The largest absolute Gasteiger partial charge is 0.396 e. The quantitative estimate of drug-likeness (QED) is 0.688. The lowest BCUT2D eigenvalue weighted by Gasteiger charge is -2.04. The van der Waals surface area contributed by atoms with Gasteiger partial charge in [0, 0.05) is 18.9 Å². The number of rotatable bonds is 7. The summed E-state index contributed by atoms with van der Waals surface area (Å²) in [7, 11) is 0. The van der Waals surface area contributed by atoms with Gasteiger partial charge in [-0.15, -0.1) is 5.10 Å². The third kappa shape index (κ3) is 5.59. The molecule has 1 rings (SSSR count). The maximum absolute atomic E-state index is 8.58. The minimum Gasteiger partial charge on any atom is -0.396 e. The van der Waals surface area contributed by atoms with E-state index in [0.717, 1.165) is 35.9 Å². The molecule has 0 aromatic carbocycles. The van der Waals surface area contributed by atoms with E-state index in [9.17, 15) is 0 Å². The molecule has 15 heavy (non-hydrogen) atoms. The number of aliphatic hydroxyl groups is 1. The SMILES string of the molecule is Cc1cnnc(NCCSCCCO)c1. The highest BCUT2D eigenvalue weighted by Crippen LogP contribution is 2.05. The minimum absolute atomic E-state index is 0.282. The molecule has 0 unspecified atom stereocenters. The maximum atomic E-state index is 8.58. The van der Waals surface area contributed by atoms with Crippen molar-refractivity contribution in [2.75, 3.05) is 30.0 Å². The monoisotopic (exact) mass is 227 g/mol. The van der Waals surface area contributed by atoms with Crippen molar-refractivity contribution < 1.29 is 5.11 Å². The highest BCUT2D eigenvalue weighted by molar-refractivity contribution is 7.99. The summed E-state index contributed by atoms with van der Waals surface area (Å²) in [6.45, 7) is 3.16. The van der Waals surface area contributed by atoms with Crippen LogP contribution in [0.5, 0.6) is 0 Å². The molecule has 0 atom stereocenters. The van der Waals surface area contributed by atoms with Crippen molar-refractivity contribution in [3.63, 3.8) is 0 Å². The van der Waals surface area contributed by atoms with E-state index in [2.05, 4.69) is 15.5 Å². The van der Waals surface area contributed by atoms with Crippen LogP contribution in [0.1, 0.15) is 12.0 Å². The average molecular weight is 227 g/mol. The van der Waals surface area contributed by atoms with Crippen LogP contribution >= 0.6 is 11.8 Å². The highest BCUT2D eigenvalue weighted by Gasteiger charge is 1.94. The fraction of sp³-hybridized carbons (Fsp3) is 0.600. The van der Waals surface area contributed by atoms with E-state index >= 15 is 0 Å². The zero-order chi connectivity index (χ0) is 10.9. The van der Waals surface area contributed by atoms with Crippen molar-refractivity contribution >= 4 is 17.6 Å². The number of aliphatic hydroxyl groups excluding tert-OH is 1. The number of aryl methyl sites for hydroxylation is 1. The van der Waals surface area contributed by atoms with Gasteiger partial charge in [-0.3, -0.25) is 0 Å². The number of nitrogens with zero attached hydrogens (tertiary/aromatic N) is 2. The first kappa shape index (κ1) is 12.3. The first-order valence-corrected chi connectivity index (χ1v) is 6.20. The van der Waals surface area contributed by atoms with E-state index in [1.807, 2.05) is 24.8 Å². The van der Waals surface area contributed by atoms with Crippen LogP contribution in [0, 0.1) is 6.92 Å². The first-order valence-electron chi connectivity index (χ1n) is 5.04. The minimum atomic E-state index is 0.282. The maximum Gasteiger partial charge on any atom is 0.148 e. The van der Waals surface area contributed by atoms with Crippen molar-refractivity contribution in [1.82, 2.24) is 10.2 Å². The Balaban J connectivity index is 2.10. The Morgan fingerprint density at radius 1 is 1.47 bits per heavy atom. The molecule has 0 fully saturated rings. The lowest BCUT2D eigenvalue weighted by Crippen LogP contribution is -2.07. The summed E-state index contributed by atoms with van der Waals surface area (Å²) < 4.78 is 0. The Kier molecular flexibility index (Phi) is 6.11. The summed E-state index contributed by atoms with van der Waals surface area (Å²) in [6.07, 6.45) is 2.61. The average Bonchev–Trinajstić information content (AvgIpc) is 2.23. The lowest BCUT2D eigenvalue weighted by molar-refractivity contribution is 0.296. The lowest BCUT2D eigenvalue weighted by atomic mass is 10.3. The number of anilines is 1. The summed E-state index contributed by atoms with van der Waals surface area (Å²) in [5, 5.41) is 19.6. The molecule has 0 aliphatic heterocycles. The van der Waals surface area contributed by atoms with Gasteiger partial charge in [0.2, 0.25) is 0 Å². The molecule has 0 radical (unpaired) electrons. The summed E-state index contributed by atoms with van der Waals surface area (Å²) >= 11 is 1.83. The van der Waals surface area contributed by atoms with Crippen LogP contribution in [0.3, 0.4) is 0 Å². The van der Waals surface area contributed by atoms with E-state index in [1.54, 1.807) is 6.20 Å². The summed E-state index contributed by atoms with van der Waals surface area (Å²) in [6, 6.07) is 1.98. The molecule has 84 valence electrons. The standard InChI is InChI=1S/C10H17N3OS/c1-9-7-10(13-12-8-9)11-3-6-15-5-2-4-14/h7-8,14H,2-6H2,1H3,(H,11,13). The fourth-order valence-electron chi connectivity index (χ4n) is 1.07. The predicted octanol–water partition coefficient (Wildman–Crippen LogP) is 1.31. The van der Waals surface area contributed by atoms with Crippen LogP contribution in [-0.2, 0) is 0 Å². The first-order chi connectivity index (χ1) is 7.33. The Labute approximate surface area is 94.5 Å². The zero-order valence-electron chi connectivity index (χ0n) is 8.94. The molecule has 1 aromatic heterocycles. The topological polar surface area (TPSA) is 58.0 Å². The van der Waals surface area contributed by atoms with Crippen molar-refractivity contribution in [3.8, 4) is 0 Å². The molecular weight excluding hydrogens is 210 g/mol. The third-order valence-electron chi connectivity index (χ3n) is 1.79. The smallest absolute Gasteiger partial charge is 0.148 e. The van der Waals surface area contributed by atoms with Crippen LogP contribution in [-0.4, -0.2) is 40.0 Å². The van der Waals surface area contributed by atoms with Gasteiger partial charge in [0.05, 0.1) is 6.20 Å². The molecule has 0 spiro atoms. The second kappa shape index (κ2) is 7.48. The van der Waals surface area contributed by atoms with Gasteiger partial charge >= 0.3 is 0 Å². The van der Waals surface area contributed by atoms with Gasteiger partial charge < -0.3 is 10.4 Å². The molecule has 1 heterocycles. The van der Waals surface area contributed by atoms with E-state index < -0.39 is 0 Å². The van der Waals surface area contributed by atoms with Gasteiger partial charge in [0.1, 0.15) is 5.82 Å². The Morgan fingerprint density at radius 3 is 3.07 bits per heavy atom. The number of hydrogen-bond acceptors (Lipinski definition) is 5. The van der Waals surface area contributed by atoms with E-state index in [1.165, 1.54) is 0 Å². The van der Waals surface area contributed by atoms with Crippen molar-refractivity contribution in [2.45, 2.75) is 13.3 Å². The van der Waals surface area contributed by atoms with E-state index in [0.29, 0.717) is 0 Å². The number of thioether (sulfide) groups is 1. The molecular formula is C10H17N3OS. The molecule has 1 aromatic rings. The highest BCUT2D eigenvalue weighted by atomic mass is 32.2. The van der Waals surface area contributed by atoms with E-state index in [-0.39, 0.29) is 6.61 Å². The molecule has 2 N–H and O–H groups in total. The van der Waals surface area contributed by atoms with Gasteiger partial charge in [0.25, 0.3) is 0 Å². The second-order valence-electron chi connectivity index (χ2n) is 3.23. The third-order valence-corrected chi connectivity index (χ3v) is 2.86. The van der Waals surface area contributed by atoms with Crippen LogP contribution in [0.25, 0.3) is 0 Å². The molecule has 0 aliphatic carbocycles. The summed E-state index contributed by atoms with van der Waals surface area (Å²) in [5.41, 5.74) is 1.11. The Hall–Kier alpha value is -0.810. The van der Waals surface area contributed by atoms with Crippen LogP contribution in [0.2, 0.25) is 0 Å². The van der Waals surface area contributed by atoms with Gasteiger partial charge in [-0.05, 0) is 30.7 Å². The molecule has 0 aliphatic rings. The fourth-order valence-corrected chi connectivity index (χ4v) is 1.85. The number of nitrogens with one attached hydrogen (secondary N) is 1. The molecule has 0 amide bonds.